The van der Waals surface area contributed by atoms with Gasteiger partial charge in [-0.05, 0) is 38.3 Å². The minimum absolute atomic E-state index is 0.0295. The fraction of sp³-hybridized carbons (Fsp3) is 0.588. The standard InChI is InChI=1S/C17H30N4O3S/c1-4-24-11-5-10-19-17(18)20-12-15-6-8-16(9-7-15)13-25(22,23)21-14(2)3/h6-9,14,21H,4-5,10-13H2,1-3H3,(H3,18,19,20). The van der Waals surface area contributed by atoms with Gasteiger partial charge in [-0.2, -0.15) is 0 Å². The number of guanidine groups is 1. The molecule has 0 aliphatic carbocycles. The predicted molar refractivity (Wildman–Crippen MR) is 102 cm³/mol. The maximum absolute atomic E-state index is 11.9. The number of sulfonamides is 1. The molecule has 0 atom stereocenters. The summed E-state index contributed by atoms with van der Waals surface area (Å²) in [7, 11) is -3.31. The molecule has 142 valence electrons. The Balaban J connectivity index is 2.44. The van der Waals surface area contributed by atoms with Crippen molar-refractivity contribution in [2.45, 2.75) is 45.5 Å². The summed E-state index contributed by atoms with van der Waals surface area (Å²) in [5.74, 6) is 0.363. The average Bonchev–Trinajstić information content (AvgIpc) is 2.52. The lowest BCUT2D eigenvalue weighted by Crippen LogP contribution is -2.32. The van der Waals surface area contributed by atoms with E-state index in [0.29, 0.717) is 25.7 Å². The third-order valence-corrected chi connectivity index (χ3v) is 4.75. The second-order valence-corrected chi connectivity index (χ2v) is 7.78. The van der Waals surface area contributed by atoms with Crippen molar-refractivity contribution in [1.82, 2.24) is 10.0 Å². The van der Waals surface area contributed by atoms with Crippen LogP contribution >= 0.6 is 0 Å². The summed E-state index contributed by atoms with van der Waals surface area (Å²) in [5, 5.41) is 3.03. The molecule has 0 saturated carbocycles. The van der Waals surface area contributed by atoms with Crippen molar-refractivity contribution in [3.8, 4) is 0 Å². The van der Waals surface area contributed by atoms with E-state index < -0.39 is 10.0 Å². The van der Waals surface area contributed by atoms with Crippen molar-refractivity contribution < 1.29 is 13.2 Å². The number of nitrogens with one attached hydrogen (secondary N) is 2. The highest BCUT2D eigenvalue weighted by Crippen LogP contribution is 2.09. The Morgan fingerprint density at radius 1 is 1.24 bits per heavy atom. The molecule has 0 fully saturated rings. The summed E-state index contributed by atoms with van der Waals surface area (Å²) in [6.07, 6.45) is 0.873. The van der Waals surface area contributed by atoms with Crippen LogP contribution in [0, 0.1) is 0 Å². The summed E-state index contributed by atoms with van der Waals surface area (Å²) in [5.41, 5.74) is 7.51. The lowest BCUT2D eigenvalue weighted by molar-refractivity contribution is 0.145. The van der Waals surface area contributed by atoms with Crippen LogP contribution in [0.4, 0.5) is 0 Å². The minimum atomic E-state index is -3.31. The molecule has 0 unspecified atom stereocenters. The molecule has 1 aromatic carbocycles. The lowest BCUT2D eigenvalue weighted by atomic mass is 10.1. The number of nitrogens with zero attached hydrogens (tertiary/aromatic N) is 1. The third-order valence-electron chi connectivity index (χ3n) is 3.20. The van der Waals surface area contributed by atoms with Crippen LogP contribution in [0.3, 0.4) is 0 Å². The summed E-state index contributed by atoms with van der Waals surface area (Å²) in [6.45, 7) is 8.14. The van der Waals surface area contributed by atoms with Crippen LogP contribution in [0.2, 0.25) is 0 Å². The van der Waals surface area contributed by atoms with Gasteiger partial charge in [0.05, 0.1) is 12.3 Å². The molecule has 1 aromatic rings. The molecule has 0 radical (unpaired) electrons. The molecule has 8 heteroatoms. The first kappa shape index (κ1) is 21.4. The molecule has 0 bridgehead atoms. The van der Waals surface area contributed by atoms with E-state index >= 15 is 0 Å². The van der Waals surface area contributed by atoms with Gasteiger partial charge in [-0.3, -0.25) is 0 Å². The van der Waals surface area contributed by atoms with E-state index in [0.717, 1.165) is 24.1 Å². The lowest BCUT2D eigenvalue weighted by Gasteiger charge is -2.10. The maximum Gasteiger partial charge on any atom is 0.216 e. The van der Waals surface area contributed by atoms with E-state index in [9.17, 15) is 8.42 Å². The van der Waals surface area contributed by atoms with Crippen LogP contribution in [0.1, 0.15) is 38.3 Å². The Hall–Kier alpha value is -1.64. The Kier molecular flexibility index (Phi) is 9.48. The van der Waals surface area contributed by atoms with Gasteiger partial charge in [-0.25, -0.2) is 18.1 Å². The second-order valence-electron chi connectivity index (χ2n) is 6.03. The van der Waals surface area contributed by atoms with Crippen molar-refractivity contribution in [3.05, 3.63) is 35.4 Å². The number of hydrogen-bond acceptors (Lipinski definition) is 4. The number of benzene rings is 1. The summed E-state index contributed by atoms with van der Waals surface area (Å²) in [4.78, 5) is 4.27. The largest absolute Gasteiger partial charge is 0.382 e. The first-order valence-corrected chi connectivity index (χ1v) is 10.2. The molecule has 1 rings (SSSR count). The van der Waals surface area contributed by atoms with Gasteiger partial charge in [-0.1, -0.05) is 24.3 Å². The highest BCUT2D eigenvalue weighted by Gasteiger charge is 2.12. The Bertz CT molecular complexity index is 628. The molecule has 25 heavy (non-hydrogen) atoms. The summed E-state index contributed by atoms with van der Waals surface area (Å²) >= 11 is 0. The van der Waals surface area contributed by atoms with E-state index in [1.165, 1.54) is 0 Å². The predicted octanol–water partition coefficient (Wildman–Crippen LogP) is 1.35. The van der Waals surface area contributed by atoms with Gasteiger partial charge in [0.1, 0.15) is 0 Å². The van der Waals surface area contributed by atoms with Gasteiger partial charge in [0.2, 0.25) is 10.0 Å². The van der Waals surface area contributed by atoms with E-state index in [-0.39, 0.29) is 11.8 Å². The van der Waals surface area contributed by atoms with Crippen molar-refractivity contribution in [2.24, 2.45) is 10.7 Å². The topological polar surface area (TPSA) is 106 Å². The van der Waals surface area contributed by atoms with Crippen LogP contribution < -0.4 is 15.8 Å². The zero-order valence-corrected chi connectivity index (χ0v) is 16.1. The van der Waals surface area contributed by atoms with Gasteiger partial charge in [0.25, 0.3) is 0 Å². The molecule has 0 aliphatic rings. The van der Waals surface area contributed by atoms with Gasteiger partial charge in [-0.15, -0.1) is 0 Å². The number of nitrogens with two attached hydrogens (primary N) is 1. The summed E-state index contributed by atoms with van der Waals surface area (Å²) < 4.78 is 31.6. The normalized spacial score (nSPS) is 12.6. The first-order chi connectivity index (χ1) is 11.8. The van der Waals surface area contributed by atoms with Crippen molar-refractivity contribution in [1.29, 1.82) is 0 Å². The highest BCUT2D eigenvalue weighted by atomic mass is 32.2. The molecular formula is C17H30N4O3S. The smallest absolute Gasteiger partial charge is 0.216 e. The fourth-order valence-corrected chi connectivity index (χ4v) is 3.56. The summed E-state index contributed by atoms with van der Waals surface area (Å²) in [6, 6.07) is 7.23. The number of aliphatic imine (C=N–C) groups is 1. The monoisotopic (exact) mass is 370 g/mol. The number of ether oxygens (including phenoxy) is 1. The fourth-order valence-electron chi connectivity index (χ4n) is 2.13. The molecule has 0 aromatic heterocycles. The van der Waals surface area contributed by atoms with Gasteiger partial charge >= 0.3 is 0 Å². The van der Waals surface area contributed by atoms with Gasteiger partial charge < -0.3 is 15.8 Å². The van der Waals surface area contributed by atoms with Crippen LogP contribution in [-0.2, 0) is 27.1 Å². The molecule has 0 heterocycles. The van der Waals surface area contributed by atoms with E-state index in [2.05, 4.69) is 15.0 Å². The quantitative estimate of drug-likeness (QED) is 0.310. The van der Waals surface area contributed by atoms with Crippen molar-refractivity contribution in [2.75, 3.05) is 19.8 Å². The zero-order chi connectivity index (χ0) is 18.7. The van der Waals surface area contributed by atoms with Crippen molar-refractivity contribution >= 4 is 16.0 Å². The number of hydrogen-bond donors (Lipinski definition) is 3. The van der Waals surface area contributed by atoms with E-state index in [4.69, 9.17) is 10.5 Å². The Morgan fingerprint density at radius 3 is 2.48 bits per heavy atom. The van der Waals surface area contributed by atoms with Crippen LogP contribution in [0.15, 0.2) is 29.3 Å². The highest BCUT2D eigenvalue weighted by molar-refractivity contribution is 7.88. The molecule has 0 spiro atoms. The Labute approximate surface area is 151 Å². The molecule has 7 nitrogen and oxygen atoms in total. The molecular weight excluding hydrogens is 340 g/mol. The maximum atomic E-state index is 11.9. The van der Waals surface area contributed by atoms with Gasteiger partial charge in [0.15, 0.2) is 5.96 Å². The molecule has 4 N–H and O–H groups in total. The first-order valence-electron chi connectivity index (χ1n) is 8.51. The van der Waals surface area contributed by atoms with Crippen molar-refractivity contribution in [3.63, 3.8) is 0 Å². The second kappa shape index (κ2) is 11.1. The van der Waals surface area contributed by atoms with Crippen LogP contribution in [0.5, 0.6) is 0 Å². The van der Waals surface area contributed by atoms with E-state index in [1.807, 2.05) is 19.1 Å². The van der Waals surface area contributed by atoms with Crippen LogP contribution in [-0.4, -0.2) is 40.2 Å². The zero-order valence-electron chi connectivity index (χ0n) is 15.3. The minimum Gasteiger partial charge on any atom is -0.382 e. The molecule has 0 amide bonds. The SMILES string of the molecule is CCOCCCNC(N)=NCc1ccc(CS(=O)(=O)NC(C)C)cc1. The van der Waals surface area contributed by atoms with E-state index in [1.54, 1.807) is 26.0 Å². The third kappa shape index (κ3) is 10.1. The van der Waals surface area contributed by atoms with Gasteiger partial charge in [0, 0.05) is 25.8 Å². The average molecular weight is 371 g/mol. The molecule has 0 aliphatic heterocycles. The number of rotatable bonds is 11. The molecule has 0 saturated heterocycles. The Morgan fingerprint density at radius 2 is 1.88 bits per heavy atom. The van der Waals surface area contributed by atoms with Crippen LogP contribution in [0.25, 0.3) is 0 Å².